The second-order valence-corrected chi connectivity index (χ2v) is 6.48. The van der Waals surface area contributed by atoms with Gasteiger partial charge >= 0.3 is 0 Å². The van der Waals surface area contributed by atoms with E-state index in [9.17, 15) is 0 Å². The maximum atomic E-state index is 5.86. The molecule has 1 N–H and O–H groups in total. The van der Waals surface area contributed by atoms with E-state index in [-0.39, 0.29) is 5.54 Å². The van der Waals surface area contributed by atoms with Crippen LogP contribution in [0.2, 0.25) is 0 Å². The van der Waals surface area contributed by atoms with E-state index in [4.69, 9.17) is 4.74 Å². The lowest BCUT2D eigenvalue weighted by molar-refractivity contribution is 0.0437. The maximum Gasteiger partial charge on any atom is 0.0891 e. The van der Waals surface area contributed by atoms with Crippen molar-refractivity contribution in [1.29, 1.82) is 0 Å². The second-order valence-electron chi connectivity index (χ2n) is 6.48. The summed E-state index contributed by atoms with van der Waals surface area (Å²) in [5.41, 5.74) is 2.40. The first-order valence-corrected chi connectivity index (χ1v) is 7.33. The topological polar surface area (TPSA) is 34.1 Å². The van der Waals surface area contributed by atoms with E-state index >= 15 is 0 Å². The van der Waals surface area contributed by atoms with Gasteiger partial charge in [-0.2, -0.15) is 0 Å². The Kier molecular flexibility index (Phi) is 4.94. The molecule has 3 nitrogen and oxygen atoms in total. The van der Waals surface area contributed by atoms with Gasteiger partial charge in [0.2, 0.25) is 0 Å². The third kappa shape index (κ3) is 5.29. The van der Waals surface area contributed by atoms with Crippen LogP contribution in [0.25, 0.3) is 0 Å². The number of nitrogens with one attached hydrogen (secondary N) is 1. The molecule has 0 atom stereocenters. The van der Waals surface area contributed by atoms with Crippen LogP contribution < -0.4 is 5.32 Å². The van der Waals surface area contributed by atoms with Gasteiger partial charge in [0.1, 0.15) is 0 Å². The SMILES string of the molecule is CC(C)(C)NCc1ccc(COC2CCCC2)nc1. The predicted octanol–water partition coefficient (Wildman–Crippen LogP) is 3.43. The fraction of sp³-hybridized carbons (Fsp3) is 0.688. The summed E-state index contributed by atoms with van der Waals surface area (Å²) in [5, 5.41) is 3.46. The van der Waals surface area contributed by atoms with Gasteiger partial charge in [-0.1, -0.05) is 18.9 Å². The largest absolute Gasteiger partial charge is 0.372 e. The van der Waals surface area contributed by atoms with E-state index in [0.717, 1.165) is 12.2 Å². The zero-order valence-corrected chi connectivity index (χ0v) is 12.4. The molecule has 0 saturated heterocycles. The molecular formula is C16H26N2O. The number of ether oxygens (including phenoxy) is 1. The Morgan fingerprint density at radius 3 is 2.58 bits per heavy atom. The molecule has 1 aromatic heterocycles. The first kappa shape index (κ1) is 14.5. The van der Waals surface area contributed by atoms with E-state index in [1.807, 2.05) is 6.20 Å². The standard InChI is InChI=1S/C16H26N2O/c1-16(2,3)18-11-13-8-9-14(17-10-13)12-19-15-6-4-5-7-15/h8-10,15,18H,4-7,11-12H2,1-3H3. The molecule has 2 rings (SSSR count). The smallest absolute Gasteiger partial charge is 0.0891 e. The van der Waals surface area contributed by atoms with Gasteiger partial charge in [0, 0.05) is 18.3 Å². The van der Waals surface area contributed by atoms with Crippen molar-refractivity contribution in [3.8, 4) is 0 Å². The normalized spacial score (nSPS) is 17.0. The van der Waals surface area contributed by atoms with Crippen LogP contribution in [0, 0.1) is 0 Å². The van der Waals surface area contributed by atoms with Crippen molar-refractivity contribution in [2.24, 2.45) is 0 Å². The zero-order chi connectivity index (χ0) is 13.7. The van der Waals surface area contributed by atoms with Gasteiger partial charge in [-0.05, 0) is 45.2 Å². The van der Waals surface area contributed by atoms with Crippen LogP contribution >= 0.6 is 0 Å². The van der Waals surface area contributed by atoms with E-state index in [2.05, 4.69) is 43.2 Å². The molecule has 19 heavy (non-hydrogen) atoms. The molecular weight excluding hydrogens is 236 g/mol. The summed E-state index contributed by atoms with van der Waals surface area (Å²) in [6.07, 6.45) is 7.47. The van der Waals surface area contributed by atoms with Crippen LogP contribution in [-0.2, 0) is 17.9 Å². The molecule has 0 aromatic carbocycles. The lowest BCUT2D eigenvalue weighted by Crippen LogP contribution is -2.35. The highest BCUT2D eigenvalue weighted by molar-refractivity contribution is 5.13. The highest BCUT2D eigenvalue weighted by atomic mass is 16.5. The molecule has 1 heterocycles. The van der Waals surface area contributed by atoms with Crippen LogP contribution in [0.15, 0.2) is 18.3 Å². The van der Waals surface area contributed by atoms with Crippen molar-refractivity contribution in [3.05, 3.63) is 29.6 Å². The minimum Gasteiger partial charge on any atom is -0.372 e. The Morgan fingerprint density at radius 1 is 1.26 bits per heavy atom. The molecule has 1 fully saturated rings. The molecule has 106 valence electrons. The van der Waals surface area contributed by atoms with Crippen LogP contribution in [0.4, 0.5) is 0 Å². The third-order valence-electron chi connectivity index (χ3n) is 3.48. The molecule has 0 radical (unpaired) electrons. The Bertz CT molecular complexity index is 375. The quantitative estimate of drug-likeness (QED) is 0.882. The fourth-order valence-corrected chi connectivity index (χ4v) is 2.27. The summed E-state index contributed by atoms with van der Waals surface area (Å²) < 4.78 is 5.86. The van der Waals surface area contributed by atoms with Gasteiger partial charge in [-0.15, -0.1) is 0 Å². The summed E-state index contributed by atoms with van der Waals surface area (Å²) in [6, 6.07) is 4.22. The summed E-state index contributed by atoms with van der Waals surface area (Å²) >= 11 is 0. The van der Waals surface area contributed by atoms with Gasteiger partial charge in [-0.3, -0.25) is 4.98 Å². The number of nitrogens with zero attached hydrogens (tertiary/aromatic N) is 1. The number of rotatable bonds is 5. The van der Waals surface area contributed by atoms with Crippen molar-refractivity contribution in [2.75, 3.05) is 0 Å². The van der Waals surface area contributed by atoms with E-state index in [1.165, 1.54) is 31.2 Å². The van der Waals surface area contributed by atoms with Gasteiger partial charge in [0.05, 0.1) is 18.4 Å². The van der Waals surface area contributed by atoms with E-state index in [1.54, 1.807) is 0 Å². The monoisotopic (exact) mass is 262 g/mol. The number of hydrogen-bond acceptors (Lipinski definition) is 3. The minimum atomic E-state index is 0.143. The van der Waals surface area contributed by atoms with Gasteiger partial charge in [0.15, 0.2) is 0 Å². The minimum absolute atomic E-state index is 0.143. The van der Waals surface area contributed by atoms with E-state index in [0.29, 0.717) is 12.7 Å². The average Bonchev–Trinajstić information content (AvgIpc) is 2.87. The fourth-order valence-electron chi connectivity index (χ4n) is 2.27. The van der Waals surface area contributed by atoms with Crippen molar-refractivity contribution in [1.82, 2.24) is 10.3 Å². The summed E-state index contributed by atoms with van der Waals surface area (Å²) in [5.74, 6) is 0. The molecule has 1 aromatic rings. The number of pyridine rings is 1. The Balaban J connectivity index is 1.77. The summed E-state index contributed by atoms with van der Waals surface area (Å²) in [7, 11) is 0. The van der Waals surface area contributed by atoms with E-state index < -0.39 is 0 Å². The van der Waals surface area contributed by atoms with Gasteiger partial charge < -0.3 is 10.1 Å². The maximum absolute atomic E-state index is 5.86. The third-order valence-corrected chi connectivity index (χ3v) is 3.48. The first-order valence-electron chi connectivity index (χ1n) is 7.33. The average molecular weight is 262 g/mol. The second kappa shape index (κ2) is 6.49. The van der Waals surface area contributed by atoms with Gasteiger partial charge in [-0.25, -0.2) is 0 Å². The molecule has 1 aliphatic rings. The Hall–Kier alpha value is -0.930. The lowest BCUT2D eigenvalue weighted by atomic mass is 10.1. The molecule has 0 spiro atoms. The highest BCUT2D eigenvalue weighted by Gasteiger charge is 2.15. The summed E-state index contributed by atoms with van der Waals surface area (Å²) in [6.45, 7) is 8.02. The molecule has 1 aliphatic carbocycles. The molecule has 1 saturated carbocycles. The Labute approximate surface area is 116 Å². The lowest BCUT2D eigenvalue weighted by Gasteiger charge is -2.20. The van der Waals surface area contributed by atoms with Crippen molar-refractivity contribution in [3.63, 3.8) is 0 Å². The highest BCUT2D eigenvalue weighted by Crippen LogP contribution is 2.21. The van der Waals surface area contributed by atoms with Crippen LogP contribution in [0.3, 0.4) is 0 Å². The molecule has 3 heteroatoms. The summed E-state index contributed by atoms with van der Waals surface area (Å²) in [4.78, 5) is 4.48. The molecule has 0 bridgehead atoms. The van der Waals surface area contributed by atoms with Crippen molar-refractivity contribution in [2.45, 2.75) is 71.2 Å². The first-order chi connectivity index (χ1) is 9.03. The van der Waals surface area contributed by atoms with Crippen molar-refractivity contribution >= 4 is 0 Å². The van der Waals surface area contributed by atoms with Crippen LogP contribution in [0.5, 0.6) is 0 Å². The Morgan fingerprint density at radius 2 is 2.00 bits per heavy atom. The predicted molar refractivity (Wildman–Crippen MR) is 77.9 cm³/mol. The molecule has 0 aliphatic heterocycles. The zero-order valence-electron chi connectivity index (χ0n) is 12.4. The van der Waals surface area contributed by atoms with Crippen LogP contribution in [0.1, 0.15) is 57.7 Å². The van der Waals surface area contributed by atoms with Crippen LogP contribution in [-0.4, -0.2) is 16.6 Å². The molecule has 0 amide bonds. The van der Waals surface area contributed by atoms with Gasteiger partial charge in [0.25, 0.3) is 0 Å². The number of hydrogen-bond donors (Lipinski definition) is 1. The number of aromatic nitrogens is 1. The van der Waals surface area contributed by atoms with Crippen molar-refractivity contribution < 1.29 is 4.74 Å². The molecule has 0 unspecified atom stereocenters.